The van der Waals surface area contributed by atoms with Crippen LogP contribution >= 0.6 is 0 Å². The number of ether oxygens (including phenoxy) is 1. The van der Waals surface area contributed by atoms with Crippen LogP contribution in [0.4, 0.5) is 5.69 Å². The zero-order valence-corrected chi connectivity index (χ0v) is 10.9. The highest BCUT2D eigenvalue weighted by molar-refractivity contribution is 5.46. The molecule has 1 saturated heterocycles. The van der Waals surface area contributed by atoms with Crippen LogP contribution in [0.1, 0.15) is 44.6 Å². The molecular formula is C15H23NO. The molecule has 2 heteroatoms. The maximum atomic E-state index is 5.71. The fourth-order valence-corrected chi connectivity index (χ4v) is 2.21. The Bertz CT molecular complexity index is 343. The third-order valence-electron chi connectivity index (χ3n) is 3.36. The van der Waals surface area contributed by atoms with Gasteiger partial charge in [0, 0.05) is 18.8 Å². The SMILES string of the molecule is CC(C)c1cccc(NCC2CCCCO2)c1. The van der Waals surface area contributed by atoms with Gasteiger partial charge in [-0.25, -0.2) is 0 Å². The summed E-state index contributed by atoms with van der Waals surface area (Å²) in [7, 11) is 0. The molecule has 1 heterocycles. The highest BCUT2D eigenvalue weighted by Crippen LogP contribution is 2.19. The third kappa shape index (κ3) is 3.74. The Morgan fingerprint density at radius 2 is 2.24 bits per heavy atom. The maximum Gasteiger partial charge on any atom is 0.0747 e. The first-order valence-corrected chi connectivity index (χ1v) is 6.71. The molecule has 0 aliphatic carbocycles. The van der Waals surface area contributed by atoms with Crippen molar-refractivity contribution in [3.63, 3.8) is 0 Å². The van der Waals surface area contributed by atoms with Crippen LogP contribution in [0.15, 0.2) is 24.3 Å². The molecule has 1 fully saturated rings. The Morgan fingerprint density at radius 1 is 1.35 bits per heavy atom. The van der Waals surface area contributed by atoms with E-state index in [4.69, 9.17) is 4.74 Å². The standard InChI is InChI=1S/C15H23NO/c1-12(2)13-6-5-7-14(10-13)16-11-15-8-3-4-9-17-15/h5-7,10,12,15-16H,3-4,8-9,11H2,1-2H3. The Balaban J connectivity index is 1.87. The minimum Gasteiger partial charge on any atom is -0.382 e. The summed E-state index contributed by atoms with van der Waals surface area (Å²) in [6, 6.07) is 8.69. The zero-order chi connectivity index (χ0) is 12.1. The Labute approximate surface area is 104 Å². The quantitative estimate of drug-likeness (QED) is 0.854. The van der Waals surface area contributed by atoms with Crippen molar-refractivity contribution in [1.29, 1.82) is 0 Å². The number of anilines is 1. The average molecular weight is 233 g/mol. The van der Waals surface area contributed by atoms with Crippen LogP contribution in [0.3, 0.4) is 0 Å². The molecule has 1 unspecified atom stereocenters. The van der Waals surface area contributed by atoms with Gasteiger partial charge in [-0.15, -0.1) is 0 Å². The monoisotopic (exact) mass is 233 g/mol. The smallest absolute Gasteiger partial charge is 0.0747 e. The summed E-state index contributed by atoms with van der Waals surface area (Å²) in [6.07, 6.45) is 4.11. The van der Waals surface area contributed by atoms with Crippen LogP contribution < -0.4 is 5.32 Å². The summed E-state index contributed by atoms with van der Waals surface area (Å²) >= 11 is 0. The Morgan fingerprint density at radius 3 is 2.94 bits per heavy atom. The second-order valence-corrected chi connectivity index (χ2v) is 5.15. The summed E-state index contributed by atoms with van der Waals surface area (Å²) in [5.41, 5.74) is 2.60. The van der Waals surface area contributed by atoms with E-state index in [9.17, 15) is 0 Å². The van der Waals surface area contributed by atoms with Crippen LogP contribution in [-0.2, 0) is 4.74 Å². The lowest BCUT2D eigenvalue weighted by Crippen LogP contribution is -2.26. The molecule has 2 rings (SSSR count). The van der Waals surface area contributed by atoms with E-state index in [2.05, 4.69) is 43.4 Å². The van der Waals surface area contributed by atoms with Gasteiger partial charge in [-0.05, 0) is 42.9 Å². The Kier molecular flexibility index (Phi) is 4.43. The average Bonchev–Trinajstić information content (AvgIpc) is 2.38. The first-order valence-electron chi connectivity index (χ1n) is 6.71. The van der Waals surface area contributed by atoms with Crippen LogP contribution in [0.5, 0.6) is 0 Å². The van der Waals surface area contributed by atoms with Gasteiger partial charge in [0.05, 0.1) is 6.10 Å². The van der Waals surface area contributed by atoms with Crippen molar-refractivity contribution < 1.29 is 4.74 Å². The predicted molar refractivity (Wildman–Crippen MR) is 72.6 cm³/mol. The van der Waals surface area contributed by atoms with Gasteiger partial charge in [-0.3, -0.25) is 0 Å². The maximum absolute atomic E-state index is 5.71. The first-order chi connectivity index (χ1) is 8.25. The molecule has 1 aliphatic rings. The summed E-state index contributed by atoms with van der Waals surface area (Å²) in [6.45, 7) is 6.31. The molecule has 94 valence electrons. The topological polar surface area (TPSA) is 21.3 Å². The van der Waals surface area contributed by atoms with Crippen molar-refractivity contribution in [3.8, 4) is 0 Å². The first kappa shape index (κ1) is 12.4. The Hall–Kier alpha value is -1.02. The van der Waals surface area contributed by atoms with E-state index in [0.717, 1.165) is 13.2 Å². The van der Waals surface area contributed by atoms with Crippen molar-refractivity contribution in [2.45, 2.75) is 45.1 Å². The number of hydrogen-bond donors (Lipinski definition) is 1. The van der Waals surface area contributed by atoms with E-state index >= 15 is 0 Å². The van der Waals surface area contributed by atoms with Crippen LogP contribution in [0.25, 0.3) is 0 Å². The van der Waals surface area contributed by atoms with Gasteiger partial charge in [-0.1, -0.05) is 26.0 Å². The fraction of sp³-hybridized carbons (Fsp3) is 0.600. The molecule has 0 amide bonds. The van der Waals surface area contributed by atoms with Gasteiger partial charge >= 0.3 is 0 Å². The lowest BCUT2D eigenvalue weighted by Gasteiger charge is -2.23. The number of nitrogens with one attached hydrogen (secondary N) is 1. The van der Waals surface area contributed by atoms with Crippen molar-refractivity contribution in [3.05, 3.63) is 29.8 Å². The van der Waals surface area contributed by atoms with Gasteiger partial charge < -0.3 is 10.1 Å². The molecule has 2 nitrogen and oxygen atoms in total. The van der Waals surface area contributed by atoms with Crippen molar-refractivity contribution in [1.82, 2.24) is 0 Å². The minimum absolute atomic E-state index is 0.395. The molecule has 0 saturated carbocycles. The van der Waals surface area contributed by atoms with E-state index in [1.165, 1.54) is 30.5 Å². The van der Waals surface area contributed by atoms with E-state index in [-0.39, 0.29) is 0 Å². The fourth-order valence-electron chi connectivity index (χ4n) is 2.21. The minimum atomic E-state index is 0.395. The second-order valence-electron chi connectivity index (χ2n) is 5.15. The molecule has 1 N–H and O–H groups in total. The molecule has 0 spiro atoms. The van der Waals surface area contributed by atoms with Gasteiger partial charge in [0.15, 0.2) is 0 Å². The summed E-state index contributed by atoms with van der Waals surface area (Å²) in [5, 5.41) is 3.48. The third-order valence-corrected chi connectivity index (χ3v) is 3.36. The molecule has 1 aromatic rings. The van der Waals surface area contributed by atoms with Gasteiger partial charge in [0.2, 0.25) is 0 Å². The molecule has 1 aromatic carbocycles. The van der Waals surface area contributed by atoms with E-state index in [0.29, 0.717) is 12.0 Å². The normalized spacial score (nSPS) is 20.5. The van der Waals surface area contributed by atoms with Gasteiger partial charge in [-0.2, -0.15) is 0 Å². The van der Waals surface area contributed by atoms with Crippen molar-refractivity contribution in [2.75, 3.05) is 18.5 Å². The molecule has 0 radical (unpaired) electrons. The molecule has 1 aliphatic heterocycles. The molecule has 0 aromatic heterocycles. The number of rotatable bonds is 4. The number of benzene rings is 1. The van der Waals surface area contributed by atoms with Crippen LogP contribution in [-0.4, -0.2) is 19.3 Å². The highest BCUT2D eigenvalue weighted by Gasteiger charge is 2.13. The summed E-state index contributed by atoms with van der Waals surface area (Å²) in [4.78, 5) is 0. The number of hydrogen-bond acceptors (Lipinski definition) is 2. The van der Waals surface area contributed by atoms with E-state index in [1.807, 2.05) is 0 Å². The molecule has 0 bridgehead atoms. The zero-order valence-electron chi connectivity index (χ0n) is 10.9. The summed E-state index contributed by atoms with van der Waals surface area (Å²) in [5.74, 6) is 0.586. The lowest BCUT2D eigenvalue weighted by molar-refractivity contribution is 0.0247. The van der Waals surface area contributed by atoms with E-state index in [1.54, 1.807) is 0 Å². The van der Waals surface area contributed by atoms with Crippen LogP contribution in [0.2, 0.25) is 0 Å². The largest absolute Gasteiger partial charge is 0.382 e. The molecule has 17 heavy (non-hydrogen) atoms. The predicted octanol–water partition coefficient (Wildman–Crippen LogP) is 3.79. The highest BCUT2D eigenvalue weighted by atomic mass is 16.5. The van der Waals surface area contributed by atoms with Gasteiger partial charge in [0.25, 0.3) is 0 Å². The molecule has 1 atom stereocenters. The molecular weight excluding hydrogens is 210 g/mol. The van der Waals surface area contributed by atoms with Crippen molar-refractivity contribution in [2.24, 2.45) is 0 Å². The second kappa shape index (κ2) is 6.06. The van der Waals surface area contributed by atoms with Crippen molar-refractivity contribution >= 4 is 5.69 Å². The lowest BCUT2D eigenvalue weighted by atomic mass is 10.0. The van der Waals surface area contributed by atoms with Crippen LogP contribution in [0, 0.1) is 0 Å². The van der Waals surface area contributed by atoms with E-state index < -0.39 is 0 Å². The summed E-state index contributed by atoms with van der Waals surface area (Å²) < 4.78 is 5.71. The van der Waals surface area contributed by atoms with Gasteiger partial charge in [0.1, 0.15) is 0 Å².